The molecular weight excluding hydrogens is 194 g/mol. The van der Waals surface area contributed by atoms with Gasteiger partial charge in [-0.15, -0.1) is 0 Å². The van der Waals surface area contributed by atoms with E-state index < -0.39 is 12.0 Å². The Bertz CT molecular complexity index is 162. The molecule has 0 heterocycles. The Morgan fingerprint density at radius 3 is 2.53 bits per heavy atom. The smallest absolute Gasteiger partial charge is 0.323 e. The van der Waals surface area contributed by atoms with Gasteiger partial charge in [-0.25, -0.2) is 0 Å². The van der Waals surface area contributed by atoms with Crippen LogP contribution in [0.25, 0.3) is 0 Å². The molecule has 0 aliphatic rings. The van der Waals surface area contributed by atoms with Crippen molar-refractivity contribution >= 4 is 5.97 Å². The summed E-state index contributed by atoms with van der Waals surface area (Å²) in [6.07, 6.45) is 5.95. The van der Waals surface area contributed by atoms with Crippen molar-refractivity contribution in [3.63, 3.8) is 0 Å². The van der Waals surface area contributed by atoms with Crippen molar-refractivity contribution in [2.75, 3.05) is 20.3 Å². The molecule has 0 rings (SSSR count). The minimum absolute atomic E-state index is 0.250. The Morgan fingerprint density at radius 2 is 2.00 bits per heavy atom. The molecule has 15 heavy (non-hydrogen) atoms. The maximum absolute atomic E-state index is 10.6. The fraction of sp³-hybridized carbons (Fsp3) is 0.909. The van der Waals surface area contributed by atoms with Gasteiger partial charge in [0.2, 0.25) is 0 Å². The Morgan fingerprint density at radius 1 is 1.33 bits per heavy atom. The number of carboxylic acid groups (broad SMARTS) is 1. The van der Waals surface area contributed by atoms with Gasteiger partial charge in [-0.3, -0.25) is 4.79 Å². The second-order valence-corrected chi connectivity index (χ2v) is 3.67. The molecule has 0 saturated heterocycles. The highest BCUT2D eigenvalue weighted by Crippen LogP contribution is 2.02. The van der Waals surface area contributed by atoms with Crippen LogP contribution in [0.3, 0.4) is 0 Å². The molecule has 2 N–H and O–H groups in total. The number of aliphatic carboxylic acids is 1. The van der Waals surface area contributed by atoms with E-state index >= 15 is 0 Å². The van der Waals surface area contributed by atoms with Gasteiger partial charge in [-0.1, -0.05) is 32.6 Å². The minimum Gasteiger partial charge on any atom is -0.480 e. The molecule has 0 aliphatic heterocycles. The molecule has 90 valence electrons. The van der Waals surface area contributed by atoms with Crippen molar-refractivity contribution in [2.45, 2.75) is 45.1 Å². The Kier molecular flexibility index (Phi) is 9.52. The molecule has 0 amide bonds. The maximum Gasteiger partial charge on any atom is 0.323 e. The van der Waals surface area contributed by atoms with Crippen molar-refractivity contribution in [1.29, 1.82) is 0 Å². The first-order valence-corrected chi connectivity index (χ1v) is 5.70. The number of ether oxygens (including phenoxy) is 1. The lowest BCUT2D eigenvalue weighted by Gasteiger charge is -2.11. The van der Waals surface area contributed by atoms with E-state index in [9.17, 15) is 4.79 Å². The molecule has 0 bridgehead atoms. The molecule has 4 heteroatoms. The van der Waals surface area contributed by atoms with Gasteiger partial charge in [-0.2, -0.15) is 0 Å². The second kappa shape index (κ2) is 9.93. The fourth-order valence-electron chi connectivity index (χ4n) is 1.29. The molecule has 0 aromatic carbocycles. The van der Waals surface area contributed by atoms with Gasteiger partial charge in [-0.05, 0) is 13.5 Å². The van der Waals surface area contributed by atoms with Crippen LogP contribution in [0, 0.1) is 0 Å². The van der Waals surface area contributed by atoms with E-state index in [1.165, 1.54) is 25.7 Å². The Labute approximate surface area is 92.0 Å². The quantitative estimate of drug-likeness (QED) is 0.546. The van der Waals surface area contributed by atoms with E-state index in [0.717, 1.165) is 6.42 Å². The topological polar surface area (TPSA) is 58.6 Å². The van der Waals surface area contributed by atoms with E-state index in [1.54, 1.807) is 7.05 Å². The second-order valence-electron chi connectivity index (χ2n) is 3.67. The third-order valence-corrected chi connectivity index (χ3v) is 2.32. The third-order valence-electron chi connectivity index (χ3n) is 2.32. The van der Waals surface area contributed by atoms with Crippen molar-refractivity contribution in [3.8, 4) is 0 Å². The molecule has 0 aromatic rings. The average molecular weight is 217 g/mol. The van der Waals surface area contributed by atoms with Crippen LogP contribution in [0.5, 0.6) is 0 Å². The largest absolute Gasteiger partial charge is 0.480 e. The summed E-state index contributed by atoms with van der Waals surface area (Å²) in [6.45, 7) is 3.09. The van der Waals surface area contributed by atoms with Crippen molar-refractivity contribution in [1.82, 2.24) is 5.32 Å². The van der Waals surface area contributed by atoms with E-state index in [2.05, 4.69) is 12.2 Å². The van der Waals surface area contributed by atoms with Gasteiger partial charge in [0.15, 0.2) is 0 Å². The van der Waals surface area contributed by atoms with Crippen LogP contribution in [0.4, 0.5) is 0 Å². The summed E-state index contributed by atoms with van der Waals surface area (Å²) in [5, 5.41) is 11.4. The summed E-state index contributed by atoms with van der Waals surface area (Å²) >= 11 is 0. The average Bonchev–Trinajstić information content (AvgIpc) is 2.21. The van der Waals surface area contributed by atoms with Crippen LogP contribution in [-0.2, 0) is 9.53 Å². The van der Waals surface area contributed by atoms with Crippen LogP contribution < -0.4 is 5.32 Å². The fourth-order valence-corrected chi connectivity index (χ4v) is 1.29. The molecule has 0 spiro atoms. The lowest BCUT2D eigenvalue weighted by molar-refractivity contribution is -0.140. The van der Waals surface area contributed by atoms with Crippen molar-refractivity contribution in [2.24, 2.45) is 0 Å². The molecule has 0 aliphatic carbocycles. The summed E-state index contributed by atoms with van der Waals surface area (Å²) in [5.41, 5.74) is 0. The van der Waals surface area contributed by atoms with E-state index in [4.69, 9.17) is 9.84 Å². The lowest BCUT2D eigenvalue weighted by Crippen LogP contribution is -2.38. The SMILES string of the molecule is CCCCCCCOCC(NC)C(=O)O. The first-order valence-electron chi connectivity index (χ1n) is 5.70. The Hall–Kier alpha value is -0.610. The van der Waals surface area contributed by atoms with Gasteiger partial charge in [0.05, 0.1) is 6.61 Å². The van der Waals surface area contributed by atoms with Crippen molar-refractivity contribution in [3.05, 3.63) is 0 Å². The van der Waals surface area contributed by atoms with Gasteiger partial charge < -0.3 is 15.2 Å². The summed E-state index contributed by atoms with van der Waals surface area (Å²) in [5.74, 6) is -0.858. The van der Waals surface area contributed by atoms with Gasteiger partial charge in [0.1, 0.15) is 6.04 Å². The molecule has 0 fully saturated rings. The highest BCUT2D eigenvalue weighted by atomic mass is 16.5. The summed E-state index contributed by atoms with van der Waals surface area (Å²) in [6, 6.07) is -0.583. The summed E-state index contributed by atoms with van der Waals surface area (Å²) in [7, 11) is 1.63. The molecule has 4 nitrogen and oxygen atoms in total. The number of hydrogen-bond donors (Lipinski definition) is 2. The van der Waals surface area contributed by atoms with Crippen LogP contribution in [0.15, 0.2) is 0 Å². The number of carboxylic acids is 1. The highest BCUT2D eigenvalue weighted by Gasteiger charge is 2.13. The Balaban J connectivity index is 3.25. The molecular formula is C11H23NO3. The number of hydrogen-bond acceptors (Lipinski definition) is 3. The van der Waals surface area contributed by atoms with Gasteiger partial charge in [0, 0.05) is 6.61 Å². The van der Waals surface area contributed by atoms with E-state index in [1.807, 2.05) is 0 Å². The molecule has 0 radical (unpaired) electrons. The number of likely N-dealkylation sites (N-methyl/N-ethyl adjacent to an activating group) is 1. The van der Waals surface area contributed by atoms with E-state index in [0.29, 0.717) is 6.61 Å². The molecule has 1 unspecified atom stereocenters. The predicted octanol–water partition coefficient (Wildman–Crippen LogP) is 1.65. The molecule has 0 saturated carbocycles. The van der Waals surface area contributed by atoms with Crippen LogP contribution in [0.1, 0.15) is 39.0 Å². The number of nitrogens with one attached hydrogen (secondary N) is 1. The number of rotatable bonds is 10. The number of carbonyl (C=O) groups is 1. The number of unbranched alkanes of at least 4 members (excludes halogenated alkanes) is 4. The molecule has 0 aromatic heterocycles. The zero-order chi connectivity index (χ0) is 11.5. The van der Waals surface area contributed by atoms with E-state index in [-0.39, 0.29) is 6.61 Å². The maximum atomic E-state index is 10.6. The molecule has 1 atom stereocenters. The normalized spacial score (nSPS) is 12.7. The summed E-state index contributed by atoms with van der Waals surface area (Å²) in [4.78, 5) is 10.6. The lowest BCUT2D eigenvalue weighted by atomic mass is 10.2. The standard InChI is InChI=1S/C11H23NO3/c1-3-4-5-6-7-8-15-9-10(12-2)11(13)14/h10,12H,3-9H2,1-2H3,(H,13,14). The first-order chi connectivity index (χ1) is 7.22. The minimum atomic E-state index is -0.858. The predicted molar refractivity (Wildman–Crippen MR) is 60.1 cm³/mol. The zero-order valence-electron chi connectivity index (χ0n) is 9.79. The van der Waals surface area contributed by atoms with Gasteiger partial charge >= 0.3 is 5.97 Å². The first kappa shape index (κ1) is 14.4. The van der Waals surface area contributed by atoms with Gasteiger partial charge in [0.25, 0.3) is 0 Å². The monoisotopic (exact) mass is 217 g/mol. The van der Waals surface area contributed by atoms with Crippen molar-refractivity contribution < 1.29 is 14.6 Å². The zero-order valence-corrected chi connectivity index (χ0v) is 9.79. The van der Waals surface area contributed by atoms with Crippen LogP contribution in [0.2, 0.25) is 0 Å². The third kappa shape index (κ3) is 8.39. The van der Waals surface area contributed by atoms with Crippen LogP contribution in [-0.4, -0.2) is 37.4 Å². The van der Waals surface area contributed by atoms with Crippen LogP contribution >= 0.6 is 0 Å². The highest BCUT2D eigenvalue weighted by molar-refractivity contribution is 5.73. The summed E-state index contributed by atoms with van der Waals surface area (Å²) < 4.78 is 5.28.